The van der Waals surface area contributed by atoms with Crippen molar-refractivity contribution in [1.82, 2.24) is 4.90 Å². The molecule has 1 aromatic rings. The van der Waals surface area contributed by atoms with Crippen LogP contribution < -0.4 is 0 Å². The Kier molecular flexibility index (Phi) is 4.88. The fourth-order valence-electron chi connectivity index (χ4n) is 1.38. The van der Waals surface area contributed by atoms with Crippen molar-refractivity contribution in [3.63, 3.8) is 0 Å². The fraction of sp³-hybridized carbons (Fsp3) is 0.462. The molecule has 0 heterocycles. The highest BCUT2D eigenvalue weighted by atomic mass is 35.5. The number of nitrogens with zero attached hydrogens (tertiary/aromatic N) is 1. The number of hydrogen-bond donors (Lipinski definition) is 0. The van der Waals surface area contributed by atoms with Crippen molar-refractivity contribution in [2.45, 2.75) is 32.9 Å². The van der Waals surface area contributed by atoms with Crippen LogP contribution in [0.1, 0.15) is 26.3 Å². The maximum absolute atomic E-state index is 11.8. The molecule has 1 amide bonds. The molecule has 0 unspecified atom stereocenters. The van der Waals surface area contributed by atoms with Crippen LogP contribution in [0.25, 0.3) is 0 Å². The molecule has 5 heteroatoms. The van der Waals surface area contributed by atoms with E-state index in [-0.39, 0.29) is 6.09 Å². The van der Waals surface area contributed by atoms with Gasteiger partial charge in [0, 0.05) is 23.6 Å². The van der Waals surface area contributed by atoms with Gasteiger partial charge in [0.2, 0.25) is 0 Å². The standard InChI is InChI=1S/C13H17Cl2NO2/c1-13(2,3)18-12(17)16(4)8-9-5-10(14)7-11(15)6-9/h5-7H,8H2,1-4H3. The number of amides is 1. The molecule has 0 bridgehead atoms. The molecule has 0 saturated heterocycles. The molecule has 0 aliphatic carbocycles. The summed E-state index contributed by atoms with van der Waals surface area (Å²) in [7, 11) is 1.67. The van der Waals surface area contributed by atoms with Gasteiger partial charge in [-0.2, -0.15) is 0 Å². The molecule has 0 fully saturated rings. The van der Waals surface area contributed by atoms with E-state index in [9.17, 15) is 4.79 Å². The molecule has 0 aliphatic heterocycles. The minimum Gasteiger partial charge on any atom is -0.444 e. The molecular formula is C13H17Cl2NO2. The van der Waals surface area contributed by atoms with Crippen LogP contribution in [0.3, 0.4) is 0 Å². The van der Waals surface area contributed by atoms with E-state index in [1.807, 2.05) is 20.8 Å². The second-order valence-corrected chi connectivity index (χ2v) is 5.99. The lowest BCUT2D eigenvalue weighted by molar-refractivity contribution is 0.0285. The summed E-state index contributed by atoms with van der Waals surface area (Å²) in [4.78, 5) is 13.3. The molecule has 1 rings (SSSR count). The molecule has 3 nitrogen and oxygen atoms in total. The Morgan fingerprint density at radius 3 is 2.17 bits per heavy atom. The number of rotatable bonds is 2. The van der Waals surface area contributed by atoms with E-state index in [1.54, 1.807) is 25.2 Å². The van der Waals surface area contributed by atoms with Gasteiger partial charge in [-0.3, -0.25) is 0 Å². The van der Waals surface area contributed by atoms with Crippen LogP contribution in [0.4, 0.5) is 4.79 Å². The summed E-state index contributed by atoms with van der Waals surface area (Å²) in [5, 5.41) is 1.10. The van der Waals surface area contributed by atoms with Crippen molar-refractivity contribution >= 4 is 29.3 Å². The van der Waals surface area contributed by atoms with E-state index < -0.39 is 5.60 Å². The molecule has 0 saturated carbocycles. The molecule has 0 N–H and O–H groups in total. The summed E-state index contributed by atoms with van der Waals surface area (Å²) in [5.74, 6) is 0. The number of benzene rings is 1. The smallest absolute Gasteiger partial charge is 0.410 e. The quantitative estimate of drug-likeness (QED) is 0.810. The first-order chi connectivity index (χ1) is 8.17. The van der Waals surface area contributed by atoms with E-state index in [2.05, 4.69) is 0 Å². The third kappa shape index (κ3) is 5.15. The maximum atomic E-state index is 11.8. The number of hydrogen-bond acceptors (Lipinski definition) is 2. The third-order valence-electron chi connectivity index (χ3n) is 2.05. The zero-order valence-electron chi connectivity index (χ0n) is 11.0. The summed E-state index contributed by atoms with van der Waals surface area (Å²) < 4.78 is 5.25. The molecule has 0 radical (unpaired) electrons. The van der Waals surface area contributed by atoms with Crippen molar-refractivity contribution in [1.29, 1.82) is 0 Å². The maximum Gasteiger partial charge on any atom is 0.410 e. The van der Waals surface area contributed by atoms with E-state index in [4.69, 9.17) is 27.9 Å². The van der Waals surface area contributed by atoms with Gasteiger partial charge >= 0.3 is 6.09 Å². The molecule has 18 heavy (non-hydrogen) atoms. The van der Waals surface area contributed by atoms with Gasteiger partial charge in [0.1, 0.15) is 5.60 Å². The minimum atomic E-state index is -0.503. The van der Waals surface area contributed by atoms with Gasteiger partial charge in [0.25, 0.3) is 0 Å². The van der Waals surface area contributed by atoms with Crippen molar-refractivity contribution < 1.29 is 9.53 Å². The molecule has 0 atom stereocenters. The summed E-state index contributed by atoms with van der Waals surface area (Å²) in [6.45, 7) is 5.88. The third-order valence-corrected chi connectivity index (χ3v) is 2.48. The van der Waals surface area contributed by atoms with Gasteiger partial charge in [0.15, 0.2) is 0 Å². The normalized spacial score (nSPS) is 11.2. The van der Waals surface area contributed by atoms with Crippen molar-refractivity contribution in [3.8, 4) is 0 Å². The molecule has 0 spiro atoms. The molecule has 0 aromatic heterocycles. The summed E-state index contributed by atoms with van der Waals surface area (Å²) in [6, 6.07) is 5.20. The zero-order valence-corrected chi connectivity index (χ0v) is 12.5. The predicted octanol–water partition coefficient (Wildman–Crippen LogP) is 4.36. The second-order valence-electron chi connectivity index (χ2n) is 5.11. The Morgan fingerprint density at radius 2 is 1.72 bits per heavy atom. The van der Waals surface area contributed by atoms with Crippen molar-refractivity contribution in [3.05, 3.63) is 33.8 Å². The van der Waals surface area contributed by atoms with Crippen LogP contribution in [-0.2, 0) is 11.3 Å². The summed E-state index contributed by atoms with van der Waals surface area (Å²) in [6.07, 6.45) is -0.376. The topological polar surface area (TPSA) is 29.5 Å². The van der Waals surface area contributed by atoms with E-state index in [1.165, 1.54) is 4.90 Å². The van der Waals surface area contributed by atoms with Crippen molar-refractivity contribution in [2.24, 2.45) is 0 Å². The highest BCUT2D eigenvalue weighted by Gasteiger charge is 2.19. The number of ether oxygens (including phenoxy) is 1. The fourth-order valence-corrected chi connectivity index (χ4v) is 1.95. The van der Waals surface area contributed by atoms with Gasteiger partial charge in [-0.05, 0) is 44.5 Å². The Bertz CT molecular complexity index is 421. The van der Waals surface area contributed by atoms with Crippen LogP contribution in [-0.4, -0.2) is 23.6 Å². The van der Waals surface area contributed by atoms with Gasteiger partial charge < -0.3 is 9.64 Å². The summed E-state index contributed by atoms with van der Waals surface area (Å²) in [5.41, 5.74) is 0.359. The van der Waals surface area contributed by atoms with E-state index >= 15 is 0 Å². The molecular weight excluding hydrogens is 273 g/mol. The molecule has 1 aromatic carbocycles. The second kappa shape index (κ2) is 5.81. The predicted molar refractivity (Wildman–Crippen MR) is 74.2 cm³/mol. The van der Waals surface area contributed by atoms with Crippen LogP contribution in [0, 0.1) is 0 Å². The Hall–Kier alpha value is -0.930. The Balaban J connectivity index is 2.69. The monoisotopic (exact) mass is 289 g/mol. The Labute approximate surface area is 118 Å². The van der Waals surface area contributed by atoms with Crippen LogP contribution in [0.2, 0.25) is 10.0 Å². The number of halogens is 2. The number of carbonyl (C=O) groups is 1. The average molecular weight is 290 g/mol. The first kappa shape index (κ1) is 15.1. The SMILES string of the molecule is CN(Cc1cc(Cl)cc(Cl)c1)C(=O)OC(C)(C)C. The van der Waals surface area contributed by atoms with Crippen molar-refractivity contribution in [2.75, 3.05) is 7.05 Å². The highest BCUT2D eigenvalue weighted by molar-refractivity contribution is 6.34. The lowest BCUT2D eigenvalue weighted by Gasteiger charge is -2.24. The van der Waals surface area contributed by atoms with Crippen LogP contribution in [0.15, 0.2) is 18.2 Å². The lowest BCUT2D eigenvalue weighted by atomic mass is 10.2. The lowest BCUT2D eigenvalue weighted by Crippen LogP contribution is -2.33. The van der Waals surface area contributed by atoms with Gasteiger partial charge in [-0.1, -0.05) is 23.2 Å². The van der Waals surface area contributed by atoms with Gasteiger partial charge in [-0.25, -0.2) is 4.79 Å². The van der Waals surface area contributed by atoms with E-state index in [0.717, 1.165) is 5.56 Å². The van der Waals surface area contributed by atoms with E-state index in [0.29, 0.717) is 16.6 Å². The highest BCUT2D eigenvalue weighted by Crippen LogP contribution is 2.20. The first-order valence-electron chi connectivity index (χ1n) is 5.56. The largest absolute Gasteiger partial charge is 0.444 e. The Morgan fingerprint density at radius 1 is 1.22 bits per heavy atom. The van der Waals surface area contributed by atoms with Crippen LogP contribution in [0.5, 0.6) is 0 Å². The summed E-state index contributed by atoms with van der Waals surface area (Å²) >= 11 is 11.8. The van der Waals surface area contributed by atoms with Gasteiger partial charge in [-0.15, -0.1) is 0 Å². The first-order valence-corrected chi connectivity index (χ1v) is 6.32. The zero-order chi connectivity index (χ0) is 13.9. The molecule has 0 aliphatic rings. The number of carbonyl (C=O) groups excluding carboxylic acids is 1. The van der Waals surface area contributed by atoms with Crippen LogP contribution >= 0.6 is 23.2 Å². The molecule has 100 valence electrons. The average Bonchev–Trinajstić information content (AvgIpc) is 2.12. The van der Waals surface area contributed by atoms with Gasteiger partial charge in [0.05, 0.1) is 0 Å². The minimum absolute atomic E-state index is 0.376.